The van der Waals surface area contributed by atoms with E-state index in [9.17, 15) is 0 Å². The average molecular weight is 234 g/mol. The fourth-order valence-electron chi connectivity index (χ4n) is 1.58. The van der Waals surface area contributed by atoms with E-state index >= 15 is 0 Å². The van der Waals surface area contributed by atoms with Crippen molar-refractivity contribution in [1.29, 1.82) is 0 Å². The van der Waals surface area contributed by atoms with E-state index in [0.717, 1.165) is 24.6 Å². The molecule has 0 aliphatic carbocycles. The molecule has 0 aromatic carbocycles. The monoisotopic (exact) mass is 234 g/mol. The topological polar surface area (TPSA) is 58.5 Å². The highest BCUT2D eigenvalue weighted by atomic mass is 16.5. The summed E-state index contributed by atoms with van der Waals surface area (Å²) in [6.07, 6.45) is 1.87. The first kappa shape index (κ1) is 11.7. The first-order chi connectivity index (χ1) is 8.25. The van der Waals surface area contributed by atoms with E-state index in [0.29, 0.717) is 12.4 Å². The SMILES string of the molecule is CC(C)Oc1ncccc1CNC1=NCCN1. The van der Waals surface area contributed by atoms with E-state index < -0.39 is 0 Å². The van der Waals surface area contributed by atoms with Crippen molar-refractivity contribution in [3.8, 4) is 5.88 Å². The van der Waals surface area contributed by atoms with Gasteiger partial charge in [0, 0.05) is 24.8 Å². The second-order valence-electron chi connectivity index (χ2n) is 4.14. The molecule has 5 nitrogen and oxygen atoms in total. The van der Waals surface area contributed by atoms with Crippen LogP contribution in [-0.2, 0) is 6.54 Å². The quantitative estimate of drug-likeness (QED) is 0.813. The number of guanidine groups is 1. The van der Waals surface area contributed by atoms with Crippen LogP contribution in [0.2, 0.25) is 0 Å². The Bertz CT molecular complexity index is 403. The van der Waals surface area contributed by atoms with Crippen LogP contribution < -0.4 is 15.4 Å². The van der Waals surface area contributed by atoms with Crippen molar-refractivity contribution in [3.63, 3.8) is 0 Å². The number of ether oxygens (including phenoxy) is 1. The summed E-state index contributed by atoms with van der Waals surface area (Å²) < 4.78 is 5.65. The Morgan fingerprint density at radius 3 is 3.12 bits per heavy atom. The van der Waals surface area contributed by atoms with Crippen LogP contribution in [0, 0.1) is 0 Å². The Morgan fingerprint density at radius 2 is 2.41 bits per heavy atom. The van der Waals surface area contributed by atoms with Gasteiger partial charge in [-0.05, 0) is 19.9 Å². The third-order valence-electron chi connectivity index (χ3n) is 2.32. The predicted molar refractivity (Wildman–Crippen MR) is 67.1 cm³/mol. The molecule has 17 heavy (non-hydrogen) atoms. The molecule has 2 rings (SSSR count). The number of nitrogens with one attached hydrogen (secondary N) is 2. The molecule has 2 heterocycles. The second kappa shape index (κ2) is 5.52. The highest BCUT2D eigenvalue weighted by molar-refractivity contribution is 5.81. The molecule has 0 unspecified atom stereocenters. The predicted octanol–water partition coefficient (Wildman–Crippen LogP) is 0.918. The third kappa shape index (κ3) is 3.34. The summed E-state index contributed by atoms with van der Waals surface area (Å²) in [5, 5.41) is 6.40. The summed E-state index contributed by atoms with van der Waals surface area (Å²) in [6, 6.07) is 3.92. The molecule has 0 saturated heterocycles. The van der Waals surface area contributed by atoms with Crippen LogP contribution in [0.1, 0.15) is 19.4 Å². The summed E-state index contributed by atoms with van der Waals surface area (Å²) in [6.45, 7) is 6.40. The smallest absolute Gasteiger partial charge is 0.218 e. The number of aromatic nitrogens is 1. The lowest BCUT2D eigenvalue weighted by Gasteiger charge is -2.13. The maximum Gasteiger partial charge on any atom is 0.218 e. The van der Waals surface area contributed by atoms with Gasteiger partial charge in [0.1, 0.15) is 0 Å². The second-order valence-corrected chi connectivity index (χ2v) is 4.14. The minimum absolute atomic E-state index is 0.130. The number of hydrogen-bond acceptors (Lipinski definition) is 5. The highest BCUT2D eigenvalue weighted by Crippen LogP contribution is 2.15. The standard InChI is InChI=1S/C12H18N4O/c1-9(2)17-11-10(4-3-5-13-11)8-16-12-14-6-7-15-12/h3-5,9H,6-8H2,1-2H3,(H2,14,15,16). The zero-order chi connectivity index (χ0) is 12.1. The van der Waals surface area contributed by atoms with Crippen molar-refractivity contribution in [1.82, 2.24) is 15.6 Å². The van der Waals surface area contributed by atoms with Crippen LogP contribution >= 0.6 is 0 Å². The molecule has 2 N–H and O–H groups in total. The molecule has 0 bridgehead atoms. The van der Waals surface area contributed by atoms with Crippen LogP contribution in [0.25, 0.3) is 0 Å². The minimum Gasteiger partial charge on any atom is -0.475 e. The van der Waals surface area contributed by atoms with Crippen molar-refractivity contribution < 1.29 is 4.74 Å². The van der Waals surface area contributed by atoms with E-state index in [1.165, 1.54) is 0 Å². The van der Waals surface area contributed by atoms with E-state index in [1.807, 2.05) is 26.0 Å². The van der Waals surface area contributed by atoms with Crippen molar-refractivity contribution in [2.75, 3.05) is 13.1 Å². The molecule has 0 atom stereocenters. The largest absolute Gasteiger partial charge is 0.475 e. The molecule has 1 aliphatic heterocycles. The molecular formula is C12H18N4O. The van der Waals surface area contributed by atoms with Crippen molar-refractivity contribution in [3.05, 3.63) is 23.9 Å². The minimum atomic E-state index is 0.130. The number of hydrogen-bond donors (Lipinski definition) is 2. The number of rotatable bonds is 4. The molecule has 0 amide bonds. The van der Waals surface area contributed by atoms with E-state index in [2.05, 4.69) is 20.6 Å². The van der Waals surface area contributed by atoms with Gasteiger partial charge in [-0.25, -0.2) is 4.98 Å². The van der Waals surface area contributed by atoms with Gasteiger partial charge in [0.25, 0.3) is 0 Å². The normalized spacial score (nSPS) is 14.4. The van der Waals surface area contributed by atoms with Gasteiger partial charge in [0.05, 0.1) is 12.6 Å². The van der Waals surface area contributed by atoms with Crippen LogP contribution in [0.4, 0.5) is 0 Å². The molecule has 1 aromatic heterocycles. The Balaban J connectivity index is 1.98. The summed E-state index contributed by atoms with van der Waals surface area (Å²) in [7, 11) is 0. The van der Waals surface area contributed by atoms with Gasteiger partial charge in [-0.1, -0.05) is 6.07 Å². The number of pyridine rings is 1. The Morgan fingerprint density at radius 1 is 1.53 bits per heavy atom. The summed E-state index contributed by atoms with van der Waals surface area (Å²) in [4.78, 5) is 8.52. The maximum atomic E-state index is 5.65. The fourth-order valence-corrected chi connectivity index (χ4v) is 1.58. The summed E-state index contributed by atoms with van der Waals surface area (Å²) >= 11 is 0. The van der Waals surface area contributed by atoms with Crippen molar-refractivity contribution in [2.24, 2.45) is 4.99 Å². The Kier molecular flexibility index (Phi) is 3.80. The van der Waals surface area contributed by atoms with Gasteiger partial charge in [-0.3, -0.25) is 4.99 Å². The molecule has 1 aliphatic rings. The number of aliphatic imine (C=N–C) groups is 1. The Labute approximate surface area is 101 Å². The van der Waals surface area contributed by atoms with E-state index in [-0.39, 0.29) is 6.10 Å². The molecule has 5 heteroatoms. The van der Waals surface area contributed by atoms with Gasteiger partial charge in [-0.2, -0.15) is 0 Å². The van der Waals surface area contributed by atoms with Crippen LogP contribution in [0.3, 0.4) is 0 Å². The van der Waals surface area contributed by atoms with Crippen LogP contribution in [0.15, 0.2) is 23.3 Å². The zero-order valence-electron chi connectivity index (χ0n) is 10.2. The van der Waals surface area contributed by atoms with Gasteiger partial charge in [0.15, 0.2) is 5.96 Å². The first-order valence-corrected chi connectivity index (χ1v) is 5.88. The van der Waals surface area contributed by atoms with Crippen LogP contribution in [-0.4, -0.2) is 30.1 Å². The van der Waals surface area contributed by atoms with Gasteiger partial charge < -0.3 is 15.4 Å². The fraction of sp³-hybridized carbons (Fsp3) is 0.500. The van der Waals surface area contributed by atoms with Gasteiger partial charge >= 0.3 is 0 Å². The average Bonchev–Trinajstić information content (AvgIpc) is 2.80. The maximum absolute atomic E-state index is 5.65. The van der Waals surface area contributed by atoms with E-state index in [4.69, 9.17) is 4.74 Å². The Hall–Kier alpha value is -1.78. The molecule has 92 valence electrons. The third-order valence-corrected chi connectivity index (χ3v) is 2.32. The van der Waals surface area contributed by atoms with Crippen LogP contribution in [0.5, 0.6) is 5.88 Å². The lowest BCUT2D eigenvalue weighted by molar-refractivity contribution is 0.230. The highest BCUT2D eigenvalue weighted by Gasteiger charge is 2.08. The first-order valence-electron chi connectivity index (χ1n) is 5.88. The van der Waals surface area contributed by atoms with Gasteiger partial charge in [0.2, 0.25) is 5.88 Å². The van der Waals surface area contributed by atoms with Gasteiger partial charge in [-0.15, -0.1) is 0 Å². The number of nitrogens with zero attached hydrogens (tertiary/aromatic N) is 2. The lowest BCUT2D eigenvalue weighted by atomic mass is 10.2. The summed E-state index contributed by atoms with van der Waals surface area (Å²) in [5.74, 6) is 1.54. The molecule has 0 fully saturated rings. The molecule has 0 saturated carbocycles. The van der Waals surface area contributed by atoms with Crippen molar-refractivity contribution in [2.45, 2.75) is 26.5 Å². The molecule has 0 radical (unpaired) electrons. The molecular weight excluding hydrogens is 216 g/mol. The molecule has 0 spiro atoms. The molecule has 1 aromatic rings. The zero-order valence-corrected chi connectivity index (χ0v) is 10.2. The lowest BCUT2D eigenvalue weighted by Crippen LogP contribution is -2.33. The van der Waals surface area contributed by atoms with Crippen molar-refractivity contribution >= 4 is 5.96 Å². The van der Waals surface area contributed by atoms with E-state index in [1.54, 1.807) is 6.20 Å². The summed E-state index contributed by atoms with van der Waals surface area (Å²) in [5.41, 5.74) is 1.04.